The Hall–Kier alpha value is -1.82. The minimum atomic E-state index is 0. The Bertz CT molecular complexity index is 668. The van der Waals surface area contributed by atoms with Crippen molar-refractivity contribution in [2.45, 2.75) is 12.5 Å². The molecule has 0 spiro atoms. The third-order valence-electron chi connectivity index (χ3n) is 4.03. The summed E-state index contributed by atoms with van der Waals surface area (Å²) in [4.78, 5) is 18.7. The highest BCUT2D eigenvalue weighted by molar-refractivity contribution is 6.30. The number of rotatable bonds is 5. The number of carbonyl (C=O) groups excluding carboxylic acids is 1. The Kier molecular flexibility index (Phi) is 7.50. The molecule has 2 heterocycles. The number of carbonyl (C=O) groups is 1. The molecular formula is C18H21Cl2N3O2. The van der Waals surface area contributed by atoms with Crippen LogP contribution in [0.5, 0.6) is 5.75 Å². The van der Waals surface area contributed by atoms with E-state index >= 15 is 0 Å². The third kappa shape index (κ3) is 5.33. The first-order chi connectivity index (χ1) is 11.7. The lowest BCUT2D eigenvalue weighted by molar-refractivity contribution is -0.135. The first kappa shape index (κ1) is 19.5. The van der Waals surface area contributed by atoms with E-state index < -0.39 is 0 Å². The van der Waals surface area contributed by atoms with Crippen LogP contribution in [0.15, 0.2) is 48.8 Å². The number of piperazine rings is 1. The monoisotopic (exact) mass is 381 g/mol. The first-order valence-electron chi connectivity index (χ1n) is 8.02. The number of nitrogens with zero attached hydrogens (tertiary/aromatic N) is 2. The van der Waals surface area contributed by atoms with Gasteiger partial charge in [0.1, 0.15) is 5.75 Å². The van der Waals surface area contributed by atoms with Gasteiger partial charge in [0.05, 0.1) is 19.1 Å². The van der Waals surface area contributed by atoms with Gasteiger partial charge < -0.3 is 15.0 Å². The molecule has 5 nitrogen and oxygen atoms in total. The molecule has 1 amide bonds. The minimum Gasteiger partial charge on any atom is -0.493 e. The Morgan fingerprint density at radius 2 is 2.12 bits per heavy atom. The van der Waals surface area contributed by atoms with Gasteiger partial charge in [-0.25, -0.2) is 0 Å². The van der Waals surface area contributed by atoms with Crippen molar-refractivity contribution in [3.05, 3.63) is 59.4 Å². The predicted molar refractivity (Wildman–Crippen MR) is 100 cm³/mol. The fourth-order valence-corrected chi connectivity index (χ4v) is 2.93. The fraction of sp³-hybridized carbons (Fsp3) is 0.333. The Morgan fingerprint density at radius 3 is 2.84 bits per heavy atom. The van der Waals surface area contributed by atoms with E-state index in [0.717, 1.165) is 24.4 Å². The lowest BCUT2D eigenvalue weighted by Gasteiger charge is -2.36. The second-order valence-electron chi connectivity index (χ2n) is 5.65. The number of hydrogen-bond acceptors (Lipinski definition) is 4. The molecular weight excluding hydrogens is 361 g/mol. The molecule has 1 fully saturated rings. The number of ether oxygens (including phenoxy) is 1. The van der Waals surface area contributed by atoms with Crippen molar-refractivity contribution >= 4 is 29.9 Å². The van der Waals surface area contributed by atoms with Crippen LogP contribution < -0.4 is 10.1 Å². The zero-order valence-electron chi connectivity index (χ0n) is 13.7. The van der Waals surface area contributed by atoms with Crippen molar-refractivity contribution in [3.63, 3.8) is 0 Å². The molecule has 1 saturated heterocycles. The van der Waals surface area contributed by atoms with E-state index in [0.29, 0.717) is 24.6 Å². The zero-order chi connectivity index (χ0) is 16.8. The Balaban J connectivity index is 0.00000225. The molecule has 0 aliphatic carbocycles. The number of benzene rings is 1. The Labute approximate surface area is 158 Å². The smallest absolute Gasteiger partial charge is 0.226 e. The van der Waals surface area contributed by atoms with Gasteiger partial charge in [0.25, 0.3) is 0 Å². The minimum absolute atomic E-state index is 0. The molecule has 25 heavy (non-hydrogen) atoms. The SMILES string of the molecule is Cl.O=C(CCOc1ccc(Cl)cc1)N1CCNCC1c1cccnc1. The molecule has 0 radical (unpaired) electrons. The molecule has 134 valence electrons. The first-order valence-corrected chi connectivity index (χ1v) is 8.40. The van der Waals surface area contributed by atoms with Gasteiger partial charge in [-0.05, 0) is 35.9 Å². The van der Waals surface area contributed by atoms with Gasteiger partial charge in [0, 0.05) is 37.1 Å². The molecule has 1 aliphatic rings. The van der Waals surface area contributed by atoms with Crippen LogP contribution in [0.25, 0.3) is 0 Å². The second-order valence-corrected chi connectivity index (χ2v) is 6.08. The summed E-state index contributed by atoms with van der Waals surface area (Å²) < 4.78 is 5.63. The maximum Gasteiger partial charge on any atom is 0.226 e. The number of nitrogens with one attached hydrogen (secondary N) is 1. The van der Waals surface area contributed by atoms with Crippen LogP contribution in [0, 0.1) is 0 Å². The maximum atomic E-state index is 12.6. The number of aromatic nitrogens is 1. The van der Waals surface area contributed by atoms with E-state index in [1.54, 1.807) is 30.5 Å². The van der Waals surface area contributed by atoms with Crippen LogP contribution in [0.3, 0.4) is 0 Å². The lowest BCUT2D eigenvalue weighted by Crippen LogP contribution is -2.49. The molecule has 3 rings (SSSR count). The van der Waals surface area contributed by atoms with Crippen molar-refractivity contribution < 1.29 is 9.53 Å². The highest BCUT2D eigenvalue weighted by Gasteiger charge is 2.27. The van der Waals surface area contributed by atoms with Crippen molar-refractivity contribution in [1.82, 2.24) is 15.2 Å². The van der Waals surface area contributed by atoms with Crippen LogP contribution in [0.1, 0.15) is 18.0 Å². The molecule has 1 aliphatic heterocycles. The molecule has 0 bridgehead atoms. The highest BCUT2D eigenvalue weighted by Crippen LogP contribution is 2.22. The van der Waals surface area contributed by atoms with Gasteiger partial charge in [0.15, 0.2) is 0 Å². The Morgan fingerprint density at radius 1 is 1.32 bits per heavy atom. The number of hydrogen-bond donors (Lipinski definition) is 1. The highest BCUT2D eigenvalue weighted by atomic mass is 35.5. The molecule has 2 aromatic rings. The summed E-state index contributed by atoms with van der Waals surface area (Å²) in [5.74, 6) is 0.815. The van der Waals surface area contributed by atoms with E-state index in [2.05, 4.69) is 10.3 Å². The van der Waals surface area contributed by atoms with E-state index in [1.165, 1.54) is 0 Å². The molecule has 1 aromatic carbocycles. The second kappa shape index (κ2) is 9.61. The summed E-state index contributed by atoms with van der Waals surface area (Å²) in [6, 6.07) is 11.1. The average molecular weight is 382 g/mol. The third-order valence-corrected chi connectivity index (χ3v) is 4.28. The van der Waals surface area contributed by atoms with Crippen molar-refractivity contribution in [2.24, 2.45) is 0 Å². The number of pyridine rings is 1. The quantitative estimate of drug-likeness (QED) is 0.864. The van der Waals surface area contributed by atoms with Gasteiger partial charge in [0.2, 0.25) is 5.91 Å². The normalized spacial score (nSPS) is 16.8. The maximum absolute atomic E-state index is 12.6. The molecule has 1 unspecified atom stereocenters. The van der Waals surface area contributed by atoms with E-state index in [1.807, 2.05) is 23.2 Å². The van der Waals surface area contributed by atoms with Gasteiger partial charge in [-0.3, -0.25) is 9.78 Å². The molecule has 1 N–H and O–H groups in total. The summed E-state index contributed by atoms with van der Waals surface area (Å²) in [5, 5.41) is 4.01. The standard InChI is InChI=1S/C18H20ClN3O2.ClH/c19-15-3-5-16(6-4-15)24-11-7-18(23)22-10-9-21-13-17(22)14-2-1-8-20-12-14;/h1-6,8,12,17,21H,7,9-11,13H2;1H. The number of amides is 1. The van der Waals surface area contributed by atoms with Crippen LogP contribution in [-0.4, -0.2) is 42.0 Å². The van der Waals surface area contributed by atoms with Crippen LogP contribution in [-0.2, 0) is 4.79 Å². The molecule has 1 aromatic heterocycles. The number of halogens is 2. The molecule has 1 atom stereocenters. The summed E-state index contributed by atoms with van der Waals surface area (Å²) in [7, 11) is 0. The van der Waals surface area contributed by atoms with Crippen molar-refractivity contribution in [2.75, 3.05) is 26.2 Å². The van der Waals surface area contributed by atoms with Crippen LogP contribution in [0.4, 0.5) is 0 Å². The fourth-order valence-electron chi connectivity index (χ4n) is 2.80. The zero-order valence-corrected chi connectivity index (χ0v) is 15.3. The van der Waals surface area contributed by atoms with Gasteiger partial charge >= 0.3 is 0 Å². The topological polar surface area (TPSA) is 54.5 Å². The van der Waals surface area contributed by atoms with Crippen molar-refractivity contribution in [1.29, 1.82) is 0 Å². The largest absolute Gasteiger partial charge is 0.493 e. The van der Waals surface area contributed by atoms with Gasteiger partial charge in [-0.2, -0.15) is 0 Å². The van der Waals surface area contributed by atoms with Crippen LogP contribution in [0.2, 0.25) is 5.02 Å². The van der Waals surface area contributed by atoms with Gasteiger partial charge in [-0.15, -0.1) is 12.4 Å². The average Bonchev–Trinajstić information content (AvgIpc) is 2.64. The molecule has 7 heteroatoms. The summed E-state index contributed by atoms with van der Waals surface area (Å²) >= 11 is 5.84. The van der Waals surface area contributed by atoms with E-state index in [-0.39, 0.29) is 24.4 Å². The van der Waals surface area contributed by atoms with Crippen molar-refractivity contribution in [3.8, 4) is 5.75 Å². The van der Waals surface area contributed by atoms with Gasteiger partial charge in [-0.1, -0.05) is 17.7 Å². The summed E-state index contributed by atoms with van der Waals surface area (Å²) in [5.41, 5.74) is 1.05. The summed E-state index contributed by atoms with van der Waals surface area (Å²) in [6.07, 6.45) is 3.91. The van der Waals surface area contributed by atoms with Crippen LogP contribution >= 0.6 is 24.0 Å². The summed E-state index contributed by atoms with van der Waals surface area (Å²) in [6.45, 7) is 2.60. The lowest BCUT2D eigenvalue weighted by atomic mass is 10.0. The predicted octanol–water partition coefficient (Wildman–Crippen LogP) is 3.10. The molecule has 0 saturated carbocycles. The van der Waals surface area contributed by atoms with E-state index in [4.69, 9.17) is 16.3 Å². The van der Waals surface area contributed by atoms with E-state index in [9.17, 15) is 4.79 Å².